The van der Waals surface area contributed by atoms with Crippen LogP contribution in [-0.4, -0.2) is 15.6 Å². The van der Waals surface area contributed by atoms with Crippen molar-refractivity contribution in [1.82, 2.24) is 4.57 Å². The second-order valence-electron chi connectivity index (χ2n) is 5.20. The smallest absolute Gasteiger partial charge is 0.335 e. The van der Waals surface area contributed by atoms with Crippen molar-refractivity contribution in [3.63, 3.8) is 0 Å². The number of hydrogen-bond acceptors (Lipinski definition) is 4. The van der Waals surface area contributed by atoms with Crippen LogP contribution in [0.2, 0.25) is 0 Å². The molecule has 0 fully saturated rings. The molecule has 3 N–H and O–H groups in total. The average Bonchev–Trinajstić information content (AvgIpc) is 2.98. The maximum Gasteiger partial charge on any atom is 0.335 e. The SMILES string of the molecule is CCn1c(-c2ccccc2N)cs/c1=N\c1ccc(C(=O)O)cc1. The van der Waals surface area contributed by atoms with Gasteiger partial charge in [0.2, 0.25) is 0 Å². The number of nitrogen functional groups attached to an aromatic ring is 1. The van der Waals surface area contributed by atoms with Gasteiger partial charge in [0.15, 0.2) is 4.80 Å². The van der Waals surface area contributed by atoms with Gasteiger partial charge in [0.05, 0.1) is 16.9 Å². The average molecular weight is 339 g/mol. The van der Waals surface area contributed by atoms with Crippen molar-refractivity contribution < 1.29 is 9.90 Å². The van der Waals surface area contributed by atoms with Crippen LogP contribution < -0.4 is 10.5 Å². The third-order valence-corrected chi connectivity index (χ3v) is 4.55. The van der Waals surface area contributed by atoms with Gasteiger partial charge < -0.3 is 15.4 Å². The van der Waals surface area contributed by atoms with Crippen LogP contribution in [-0.2, 0) is 6.54 Å². The minimum atomic E-state index is -0.942. The van der Waals surface area contributed by atoms with Crippen molar-refractivity contribution in [2.24, 2.45) is 4.99 Å². The molecule has 0 atom stereocenters. The van der Waals surface area contributed by atoms with Crippen LogP contribution in [0.5, 0.6) is 0 Å². The third-order valence-electron chi connectivity index (χ3n) is 3.69. The first-order valence-electron chi connectivity index (χ1n) is 7.51. The van der Waals surface area contributed by atoms with E-state index < -0.39 is 5.97 Å². The molecule has 0 amide bonds. The summed E-state index contributed by atoms with van der Waals surface area (Å²) in [6, 6.07) is 14.3. The van der Waals surface area contributed by atoms with Crippen molar-refractivity contribution in [2.75, 3.05) is 5.73 Å². The number of carboxylic acids is 1. The fourth-order valence-corrected chi connectivity index (χ4v) is 3.44. The topological polar surface area (TPSA) is 80.6 Å². The molecule has 0 aliphatic rings. The number of para-hydroxylation sites is 1. The number of thiazole rings is 1. The lowest BCUT2D eigenvalue weighted by Gasteiger charge is -2.08. The molecule has 3 rings (SSSR count). The van der Waals surface area contributed by atoms with Crippen LogP contribution >= 0.6 is 11.3 Å². The highest BCUT2D eigenvalue weighted by molar-refractivity contribution is 7.07. The molecule has 0 aliphatic heterocycles. The first kappa shape index (κ1) is 16.0. The maximum atomic E-state index is 10.9. The van der Waals surface area contributed by atoms with Gasteiger partial charge >= 0.3 is 5.97 Å². The van der Waals surface area contributed by atoms with Gasteiger partial charge in [0.1, 0.15) is 0 Å². The Morgan fingerprint density at radius 1 is 1.21 bits per heavy atom. The van der Waals surface area contributed by atoms with Gasteiger partial charge in [0, 0.05) is 23.2 Å². The van der Waals surface area contributed by atoms with E-state index in [1.165, 1.54) is 11.3 Å². The summed E-state index contributed by atoms with van der Waals surface area (Å²) in [5.41, 5.74) is 9.80. The fourth-order valence-electron chi connectivity index (χ4n) is 2.46. The van der Waals surface area contributed by atoms with Gasteiger partial charge in [-0.25, -0.2) is 9.79 Å². The summed E-state index contributed by atoms with van der Waals surface area (Å²) in [7, 11) is 0. The van der Waals surface area contributed by atoms with Crippen LogP contribution in [0.15, 0.2) is 58.9 Å². The summed E-state index contributed by atoms with van der Waals surface area (Å²) >= 11 is 1.53. The van der Waals surface area contributed by atoms with Crippen molar-refractivity contribution in [3.8, 4) is 11.3 Å². The molecule has 2 aromatic carbocycles. The molecule has 6 heteroatoms. The summed E-state index contributed by atoms with van der Waals surface area (Å²) in [4.78, 5) is 16.4. The molecule has 1 heterocycles. The standard InChI is InChI=1S/C18H17N3O2S/c1-2-21-16(14-5-3-4-6-15(14)19)11-24-18(21)20-13-9-7-12(8-10-13)17(22)23/h3-11H,2,19H2,1H3,(H,22,23)/b20-18-. The number of nitrogens with two attached hydrogens (primary N) is 1. The lowest BCUT2D eigenvalue weighted by molar-refractivity contribution is 0.0697. The van der Waals surface area contributed by atoms with Crippen molar-refractivity contribution in [2.45, 2.75) is 13.5 Å². The molecule has 0 unspecified atom stereocenters. The van der Waals surface area contributed by atoms with E-state index in [1.807, 2.05) is 29.6 Å². The second-order valence-corrected chi connectivity index (χ2v) is 6.04. The van der Waals surface area contributed by atoms with Gasteiger partial charge in [-0.1, -0.05) is 18.2 Å². The van der Waals surface area contributed by atoms with E-state index in [0.717, 1.165) is 34.0 Å². The number of nitrogens with zero attached hydrogens (tertiary/aromatic N) is 2. The molecule has 0 aliphatic carbocycles. The van der Waals surface area contributed by atoms with Crippen LogP contribution in [0.25, 0.3) is 11.3 Å². The molecule has 1 aromatic heterocycles. The Labute approximate surface area is 143 Å². The minimum Gasteiger partial charge on any atom is -0.478 e. The Bertz CT molecular complexity index is 939. The molecule has 5 nitrogen and oxygen atoms in total. The predicted molar refractivity (Wildman–Crippen MR) is 96.5 cm³/mol. The molecule has 0 bridgehead atoms. The number of anilines is 1. The quantitative estimate of drug-likeness (QED) is 0.710. The van der Waals surface area contributed by atoms with Gasteiger partial charge in [-0.15, -0.1) is 11.3 Å². The summed E-state index contributed by atoms with van der Waals surface area (Å²) in [6.07, 6.45) is 0. The summed E-state index contributed by atoms with van der Waals surface area (Å²) in [5, 5.41) is 11.0. The van der Waals surface area contributed by atoms with Crippen molar-refractivity contribution in [3.05, 3.63) is 64.3 Å². The van der Waals surface area contributed by atoms with E-state index in [4.69, 9.17) is 10.8 Å². The number of hydrogen-bond donors (Lipinski definition) is 2. The summed E-state index contributed by atoms with van der Waals surface area (Å²) < 4.78 is 2.10. The van der Waals surface area contributed by atoms with E-state index in [1.54, 1.807) is 24.3 Å². The van der Waals surface area contributed by atoms with Crippen LogP contribution in [0.4, 0.5) is 11.4 Å². The number of aromatic nitrogens is 1. The van der Waals surface area contributed by atoms with Crippen LogP contribution in [0, 0.1) is 0 Å². The van der Waals surface area contributed by atoms with E-state index >= 15 is 0 Å². The highest BCUT2D eigenvalue weighted by Crippen LogP contribution is 2.26. The number of aromatic carboxylic acids is 1. The maximum absolute atomic E-state index is 10.9. The number of benzene rings is 2. The number of carbonyl (C=O) groups is 1. The molecule has 0 spiro atoms. The molecule has 3 aromatic rings. The van der Waals surface area contributed by atoms with Gasteiger partial charge in [-0.05, 0) is 37.3 Å². The molecular weight excluding hydrogens is 322 g/mol. The van der Waals surface area contributed by atoms with E-state index in [-0.39, 0.29) is 5.56 Å². The van der Waals surface area contributed by atoms with Gasteiger partial charge in [-0.3, -0.25) is 0 Å². The van der Waals surface area contributed by atoms with E-state index in [2.05, 4.69) is 16.5 Å². The lowest BCUT2D eigenvalue weighted by atomic mass is 10.1. The molecule has 0 saturated carbocycles. The zero-order valence-electron chi connectivity index (χ0n) is 13.1. The Balaban J connectivity index is 2.06. The Kier molecular flexibility index (Phi) is 4.48. The van der Waals surface area contributed by atoms with Gasteiger partial charge in [0.25, 0.3) is 0 Å². The zero-order chi connectivity index (χ0) is 17.1. The van der Waals surface area contributed by atoms with Crippen molar-refractivity contribution >= 4 is 28.7 Å². The van der Waals surface area contributed by atoms with Crippen LogP contribution in [0.1, 0.15) is 17.3 Å². The largest absolute Gasteiger partial charge is 0.478 e. The molecule has 0 saturated heterocycles. The highest BCUT2D eigenvalue weighted by Gasteiger charge is 2.09. The molecule has 122 valence electrons. The lowest BCUT2D eigenvalue weighted by Crippen LogP contribution is -2.14. The fraction of sp³-hybridized carbons (Fsp3) is 0.111. The highest BCUT2D eigenvalue weighted by atomic mass is 32.1. The number of carboxylic acid groups (broad SMARTS) is 1. The van der Waals surface area contributed by atoms with E-state index in [0.29, 0.717) is 0 Å². The second kappa shape index (κ2) is 6.72. The number of rotatable bonds is 4. The predicted octanol–water partition coefficient (Wildman–Crippen LogP) is 3.75. The van der Waals surface area contributed by atoms with Crippen molar-refractivity contribution in [1.29, 1.82) is 0 Å². The summed E-state index contributed by atoms with van der Waals surface area (Å²) in [5.74, 6) is -0.942. The van der Waals surface area contributed by atoms with Crippen LogP contribution in [0.3, 0.4) is 0 Å². The molecule has 24 heavy (non-hydrogen) atoms. The zero-order valence-corrected chi connectivity index (χ0v) is 14.0. The Hall–Kier alpha value is -2.86. The molecular formula is C18H17N3O2S. The monoisotopic (exact) mass is 339 g/mol. The first-order chi connectivity index (χ1) is 11.6. The third kappa shape index (κ3) is 3.09. The van der Waals surface area contributed by atoms with Gasteiger partial charge in [-0.2, -0.15) is 0 Å². The first-order valence-corrected chi connectivity index (χ1v) is 8.39. The Morgan fingerprint density at radius 3 is 2.54 bits per heavy atom. The normalized spacial score (nSPS) is 11.6. The van der Waals surface area contributed by atoms with E-state index in [9.17, 15) is 4.79 Å². The molecule has 0 radical (unpaired) electrons. The Morgan fingerprint density at radius 2 is 1.92 bits per heavy atom. The minimum absolute atomic E-state index is 0.251. The summed E-state index contributed by atoms with van der Waals surface area (Å²) in [6.45, 7) is 2.82.